The minimum atomic E-state index is -0.324. The molecule has 2 heterocycles. The largest absolute Gasteiger partial charge is 0.350 e. The molecule has 2 aromatic heterocycles. The summed E-state index contributed by atoms with van der Waals surface area (Å²) >= 11 is 5.89. The fourth-order valence-electron chi connectivity index (χ4n) is 2.75. The SMILES string of the molecule is O=C(Nc1cccc2cccnc12)c1ccnc(NCc2ccc(Cl)cc2)n1. The molecule has 0 atom stereocenters. The number of hydrogen-bond donors (Lipinski definition) is 2. The number of nitrogens with one attached hydrogen (secondary N) is 2. The van der Waals surface area contributed by atoms with Gasteiger partial charge >= 0.3 is 0 Å². The number of para-hydroxylation sites is 1. The van der Waals surface area contributed by atoms with Crippen LogP contribution in [0.15, 0.2) is 73.1 Å². The molecule has 0 bridgehead atoms. The number of rotatable bonds is 5. The second-order valence-electron chi connectivity index (χ2n) is 6.08. The van der Waals surface area contributed by atoms with E-state index in [1.165, 1.54) is 0 Å². The molecule has 0 aliphatic carbocycles. The zero-order valence-corrected chi connectivity index (χ0v) is 15.5. The van der Waals surface area contributed by atoms with E-state index in [2.05, 4.69) is 25.6 Å². The molecule has 0 unspecified atom stereocenters. The lowest BCUT2D eigenvalue weighted by atomic mass is 10.2. The number of halogens is 1. The molecule has 0 saturated heterocycles. The third-order valence-electron chi connectivity index (χ3n) is 4.13. The van der Waals surface area contributed by atoms with Gasteiger partial charge < -0.3 is 10.6 Å². The zero-order valence-electron chi connectivity index (χ0n) is 14.8. The molecule has 0 radical (unpaired) electrons. The maximum Gasteiger partial charge on any atom is 0.274 e. The van der Waals surface area contributed by atoms with Crippen molar-refractivity contribution in [3.63, 3.8) is 0 Å². The lowest BCUT2D eigenvalue weighted by molar-refractivity contribution is 0.102. The zero-order chi connectivity index (χ0) is 19.3. The summed E-state index contributed by atoms with van der Waals surface area (Å²) in [5, 5.41) is 7.62. The van der Waals surface area contributed by atoms with E-state index in [1.54, 1.807) is 18.5 Å². The van der Waals surface area contributed by atoms with Crippen molar-refractivity contribution in [3.05, 3.63) is 89.3 Å². The average Bonchev–Trinajstić information content (AvgIpc) is 2.74. The second kappa shape index (κ2) is 8.02. The third kappa shape index (κ3) is 4.07. The average molecular weight is 390 g/mol. The Labute approximate surface area is 166 Å². The Morgan fingerprint density at radius 2 is 1.75 bits per heavy atom. The number of aromatic nitrogens is 3. The lowest BCUT2D eigenvalue weighted by Gasteiger charge is -2.09. The van der Waals surface area contributed by atoms with E-state index in [-0.39, 0.29) is 11.6 Å². The minimum absolute atomic E-state index is 0.265. The first-order chi connectivity index (χ1) is 13.7. The number of hydrogen-bond acceptors (Lipinski definition) is 5. The molecular weight excluding hydrogens is 374 g/mol. The van der Waals surface area contributed by atoms with Crippen molar-refractivity contribution in [2.45, 2.75) is 6.54 Å². The normalized spacial score (nSPS) is 10.6. The summed E-state index contributed by atoms with van der Waals surface area (Å²) in [7, 11) is 0. The van der Waals surface area contributed by atoms with E-state index in [4.69, 9.17) is 11.6 Å². The Kier molecular flexibility index (Phi) is 5.12. The number of anilines is 2. The lowest BCUT2D eigenvalue weighted by Crippen LogP contribution is -2.15. The number of benzene rings is 2. The highest BCUT2D eigenvalue weighted by atomic mass is 35.5. The predicted octanol–water partition coefficient (Wildman–Crippen LogP) is 4.54. The maximum absolute atomic E-state index is 12.7. The first kappa shape index (κ1) is 17.9. The van der Waals surface area contributed by atoms with Crippen LogP contribution in [0.3, 0.4) is 0 Å². The van der Waals surface area contributed by atoms with Gasteiger partial charge in [0.15, 0.2) is 0 Å². The molecule has 1 amide bonds. The first-order valence-electron chi connectivity index (χ1n) is 8.65. The molecule has 0 saturated carbocycles. The van der Waals surface area contributed by atoms with Gasteiger partial charge in [0.1, 0.15) is 5.69 Å². The molecular formula is C21H16ClN5O. The number of nitrogens with zero attached hydrogens (tertiary/aromatic N) is 3. The summed E-state index contributed by atoms with van der Waals surface area (Å²) in [4.78, 5) is 25.5. The maximum atomic E-state index is 12.7. The molecule has 0 aliphatic heterocycles. The van der Waals surface area contributed by atoms with Gasteiger partial charge in [-0.15, -0.1) is 0 Å². The van der Waals surface area contributed by atoms with Crippen molar-refractivity contribution in [1.82, 2.24) is 15.0 Å². The van der Waals surface area contributed by atoms with Crippen molar-refractivity contribution in [1.29, 1.82) is 0 Å². The van der Waals surface area contributed by atoms with Crippen LogP contribution in [-0.4, -0.2) is 20.9 Å². The highest BCUT2D eigenvalue weighted by Gasteiger charge is 2.11. The Morgan fingerprint density at radius 1 is 0.929 bits per heavy atom. The van der Waals surface area contributed by atoms with E-state index in [0.717, 1.165) is 16.5 Å². The Morgan fingerprint density at radius 3 is 2.61 bits per heavy atom. The standard InChI is InChI=1S/C21H16ClN5O/c22-16-8-6-14(7-9-16)13-25-21-24-12-10-18(27-21)20(28)26-17-5-1-3-15-4-2-11-23-19(15)17/h1-12H,13H2,(H,26,28)(H,24,25,27). The van der Waals surface area contributed by atoms with Gasteiger partial charge in [-0.25, -0.2) is 9.97 Å². The van der Waals surface area contributed by atoms with Crippen LogP contribution in [0.25, 0.3) is 10.9 Å². The highest BCUT2D eigenvalue weighted by Crippen LogP contribution is 2.21. The van der Waals surface area contributed by atoms with Gasteiger partial charge in [0.25, 0.3) is 5.91 Å². The van der Waals surface area contributed by atoms with E-state index in [1.807, 2.05) is 54.6 Å². The summed E-state index contributed by atoms with van der Waals surface area (Å²) in [6, 6.07) is 18.5. The van der Waals surface area contributed by atoms with Crippen LogP contribution >= 0.6 is 11.6 Å². The van der Waals surface area contributed by atoms with Crippen molar-refractivity contribution in [2.24, 2.45) is 0 Å². The van der Waals surface area contributed by atoms with Gasteiger partial charge in [-0.1, -0.05) is 41.9 Å². The molecule has 28 heavy (non-hydrogen) atoms. The molecule has 4 rings (SSSR count). The van der Waals surface area contributed by atoms with Gasteiger partial charge in [0.05, 0.1) is 11.2 Å². The molecule has 7 heteroatoms. The predicted molar refractivity (Wildman–Crippen MR) is 111 cm³/mol. The summed E-state index contributed by atoms with van der Waals surface area (Å²) in [6.45, 7) is 0.523. The second-order valence-corrected chi connectivity index (χ2v) is 6.52. The first-order valence-corrected chi connectivity index (χ1v) is 9.03. The Hall–Kier alpha value is -3.51. The highest BCUT2D eigenvalue weighted by molar-refractivity contribution is 6.30. The van der Waals surface area contributed by atoms with Crippen LogP contribution in [-0.2, 0) is 6.54 Å². The van der Waals surface area contributed by atoms with Crippen LogP contribution in [0, 0.1) is 0 Å². The molecule has 2 aromatic carbocycles. The fourth-order valence-corrected chi connectivity index (χ4v) is 2.87. The number of pyridine rings is 1. The van der Waals surface area contributed by atoms with Crippen LogP contribution in [0.1, 0.15) is 16.1 Å². The van der Waals surface area contributed by atoms with Crippen molar-refractivity contribution in [2.75, 3.05) is 10.6 Å². The molecule has 0 spiro atoms. The summed E-state index contributed by atoms with van der Waals surface area (Å²) in [6.07, 6.45) is 3.24. The van der Waals surface area contributed by atoms with Crippen LogP contribution < -0.4 is 10.6 Å². The van der Waals surface area contributed by atoms with Crippen LogP contribution in [0.4, 0.5) is 11.6 Å². The van der Waals surface area contributed by atoms with Gasteiger partial charge in [0, 0.05) is 29.3 Å². The fraction of sp³-hybridized carbons (Fsp3) is 0.0476. The van der Waals surface area contributed by atoms with E-state index >= 15 is 0 Å². The molecule has 4 aromatic rings. The van der Waals surface area contributed by atoms with Crippen molar-refractivity contribution >= 4 is 40.0 Å². The number of amides is 1. The van der Waals surface area contributed by atoms with Crippen molar-refractivity contribution < 1.29 is 4.79 Å². The van der Waals surface area contributed by atoms with E-state index in [9.17, 15) is 4.79 Å². The monoisotopic (exact) mass is 389 g/mol. The van der Waals surface area contributed by atoms with Gasteiger partial charge in [-0.05, 0) is 35.9 Å². The summed E-state index contributed by atoms with van der Waals surface area (Å²) < 4.78 is 0. The number of carbonyl (C=O) groups excluding carboxylic acids is 1. The topological polar surface area (TPSA) is 79.8 Å². The Balaban J connectivity index is 1.48. The quantitative estimate of drug-likeness (QED) is 0.523. The number of fused-ring (bicyclic) bond motifs is 1. The van der Waals surface area contributed by atoms with Gasteiger partial charge in [-0.2, -0.15) is 0 Å². The molecule has 0 fully saturated rings. The summed E-state index contributed by atoms with van der Waals surface area (Å²) in [5.41, 5.74) is 2.66. The molecule has 6 nitrogen and oxygen atoms in total. The number of carbonyl (C=O) groups is 1. The molecule has 138 valence electrons. The van der Waals surface area contributed by atoms with E-state index in [0.29, 0.717) is 23.2 Å². The van der Waals surface area contributed by atoms with Crippen LogP contribution in [0.2, 0.25) is 5.02 Å². The van der Waals surface area contributed by atoms with Crippen LogP contribution in [0.5, 0.6) is 0 Å². The molecule has 0 aliphatic rings. The van der Waals surface area contributed by atoms with Gasteiger partial charge in [-0.3, -0.25) is 9.78 Å². The minimum Gasteiger partial charge on any atom is -0.350 e. The smallest absolute Gasteiger partial charge is 0.274 e. The van der Waals surface area contributed by atoms with E-state index < -0.39 is 0 Å². The molecule has 2 N–H and O–H groups in total. The Bertz CT molecular complexity index is 1130. The van der Waals surface area contributed by atoms with Gasteiger partial charge in [0.2, 0.25) is 5.95 Å². The van der Waals surface area contributed by atoms with Crippen molar-refractivity contribution in [3.8, 4) is 0 Å². The third-order valence-corrected chi connectivity index (χ3v) is 4.38. The summed E-state index contributed by atoms with van der Waals surface area (Å²) in [5.74, 6) is 0.0498.